The van der Waals surface area contributed by atoms with Crippen LogP contribution in [0.25, 0.3) is 0 Å². The summed E-state index contributed by atoms with van der Waals surface area (Å²) >= 11 is 0. The SMILES string of the molecule is COc1cccc(OCc2cn[nH]c2)c1. The maximum absolute atomic E-state index is 5.55. The number of hydrogen-bond donors (Lipinski definition) is 1. The standard InChI is InChI=1S/C11H12N2O2/c1-14-10-3-2-4-11(5-10)15-8-9-6-12-13-7-9/h2-7H,8H2,1H3,(H,12,13). The zero-order valence-corrected chi connectivity index (χ0v) is 8.43. The van der Waals surface area contributed by atoms with E-state index in [2.05, 4.69) is 10.2 Å². The van der Waals surface area contributed by atoms with Crippen LogP contribution in [0.5, 0.6) is 11.5 Å². The van der Waals surface area contributed by atoms with Gasteiger partial charge in [-0.1, -0.05) is 6.07 Å². The first-order valence-electron chi connectivity index (χ1n) is 4.63. The van der Waals surface area contributed by atoms with Gasteiger partial charge < -0.3 is 9.47 Å². The Balaban J connectivity index is 1.98. The highest BCUT2D eigenvalue weighted by molar-refractivity contribution is 5.32. The summed E-state index contributed by atoms with van der Waals surface area (Å²) in [5.41, 5.74) is 1.01. The minimum atomic E-state index is 0.504. The number of aromatic nitrogens is 2. The Kier molecular flexibility index (Phi) is 2.88. The maximum Gasteiger partial charge on any atom is 0.123 e. The highest BCUT2D eigenvalue weighted by atomic mass is 16.5. The predicted molar refractivity (Wildman–Crippen MR) is 55.9 cm³/mol. The number of rotatable bonds is 4. The van der Waals surface area contributed by atoms with Crippen molar-refractivity contribution in [3.05, 3.63) is 42.2 Å². The van der Waals surface area contributed by atoms with Crippen molar-refractivity contribution in [3.8, 4) is 11.5 Å². The molecule has 4 heteroatoms. The molecular weight excluding hydrogens is 192 g/mol. The zero-order valence-electron chi connectivity index (χ0n) is 8.43. The third-order valence-electron chi connectivity index (χ3n) is 2.00. The lowest BCUT2D eigenvalue weighted by molar-refractivity contribution is 0.303. The largest absolute Gasteiger partial charge is 0.497 e. The van der Waals surface area contributed by atoms with Crippen LogP contribution in [0.15, 0.2) is 36.7 Å². The lowest BCUT2D eigenvalue weighted by atomic mass is 10.3. The van der Waals surface area contributed by atoms with E-state index in [-0.39, 0.29) is 0 Å². The Bertz CT molecular complexity index is 412. The average molecular weight is 204 g/mol. The smallest absolute Gasteiger partial charge is 0.123 e. The third-order valence-corrected chi connectivity index (χ3v) is 2.00. The molecule has 0 radical (unpaired) electrons. The van der Waals surface area contributed by atoms with Gasteiger partial charge in [0, 0.05) is 17.8 Å². The van der Waals surface area contributed by atoms with Gasteiger partial charge in [0.1, 0.15) is 18.1 Å². The molecule has 1 aromatic heterocycles. The minimum absolute atomic E-state index is 0.504. The summed E-state index contributed by atoms with van der Waals surface area (Å²) in [5.74, 6) is 1.58. The zero-order chi connectivity index (χ0) is 10.5. The maximum atomic E-state index is 5.55. The molecule has 0 bridgehead atoms. The van der Waals surface area contributed by atoms with E-state index in [1.165, 1.54) is 0 Å². The molecule has 1 aromatic carbocycles. The molecule has 0 atom stereocenters. The van der Waals surface area contributed by atoms with Crippen molar-refractivity contribution in [1.29, 1.82) is 0 Å². The molecule has 0 fully saturated rings. The second-order valence-corrected chi connectivity index (χ2v) is 3.07. The van der Waals surface area contributed by atoms with E-state index in [1.807, 2.05) is 24.3 Å². The lowest BCUT2D eigenvalue weighted by Crippen LogP contribution is -1.94. The molecule has 0 amide bonds. The van der Waals surface area contributed by atoms with Crippen LogP contribution < -0.4 is 9.47 Å². The molecule has 0 aliphatic rings. The van der Waals surface area contributed by atoms with Gasteiger partial charge in [-0.2, -0.15) is 5.10 Å². The van der Waals surface area contributed by atoms with Crippen LogP contribution in [-0.4, -0.2) is 17.3 Å². The van der Waals surface area contributed by atoms with Crippen LogP contribution >= 0.6 is 0 Å². The van der Waals surface area contributed by atoms with Crippen molar-refractivity contribution in [1.82, 2.24) is 10.2 Å². The molecule has 0 saturated carbocycles. The van der Waals surface area contributed by atoms with Gasteiger partial charge in [-0.25, -0.2) is 0 Å². The molecule has 0 unspecified atom stereocenters. The van der Waals surface area contributed by atoms with Gasteiger partial charge >= 0.3 is 0 Å². The molecule has 0 saturated heterocycles. The van der Waals surface area contributed by atoms with Crippen molar-refractivity contribution < 1.29 is 9.47 Å². The molecule has 1 N–H and O–H groups in total. The number of nitrogens with zero attached hydrogens (tertiary/aromatic N) is 1. The van der Waals surface area contributed by atoms with Crippen molar-refractivity contribution in [2.45, 2.75) is 6.61 Å². The molecule has 0 aliphatic heterocycles. The number of H-pyrrole nitrogens is 1. The van der Waals surface area contributed by atoms with Crippen LogP contribution in [-0.2, 0) is 6.61 Å². The summed E-state index contributed by atoms with van der Waals surface area (Å²) in [7, 11) is 1.63. The highest BCUT2D eigenvalue weighted by Crippen LogP contribution is 2.19. The summed E-state index contributed by atoms with van der Waals surface area (Å²) in [6.45, 7) is 0.504. The first-order valence-corrected chi connectivity index (χ1v) is 4.63. The third kappa shape index (κ3) is 2.49. The first kappa shape index (κ1) is 9.58. The van der Waals surface area contributed by atoms with Gasteiger partial charge in [0.25, 0.3) is 0 Å². The molecule has 2 aromatic rings. The Labute approximate surface area is 87.8 Å². The monoisotopic (exact) mass is 204 g/mol. The van der Waals surface area contributed by atoms with Crippen LogP contribution in [0.1, 0.15) is 5.56 Å². The van der Waals surface area contributed by atoms with Gasteiger partial charge in [-0.15, -0.1) is 0 Å². The Morgan fingerprint density at radius 2 is 2.20 bits per heavy atom. The first-order chi connectivity index (χ1) is 7.38. The molecule has 0 spiro atoms. The normalized spacial score (nSPS) is 9.93. The minimum Gasteiger partial charge on any atom is -0.497 e. The fourth-order valence-corrected chi connectivity index (χ4v) is 1.21. The molecular formula is C11H12N2O2. The van der Waals surface area contributed by atoms with E-state index in [0.717, 1.165) is 17.1 Å². The Hall–Kier alpha value is -1.97. The summed E-state index contributed by atoms with van der Waals surface area (Å²) in [5, 5.41) is 6.57. The average Bonchev–Trinajstić information content (AvgIpc) is 2.79. The topological polar surface area (TPSA) is 47.1 Å². The number of methoxy groups -OCH3 is 1. The fourth-order valence-electron chi connectivity index (χ4n) is 1.21. The molecule has 15 heavy (non-hydrogen) atoms. The number of hydrogen-bond acceptors (Lipinski definition) is 3. The van der Waals surface area contributed by atoms with E-state index >= 15 is 0 Å². The summed E-state index contributed by atoms with van der Waals surface area (Å²) in [4.78, 5) is 0. The molecule has 0 aliphatic carbocycles. The van der Waals surface area contributed by atoms with Gasteiger partial charge in [-0.3, -0.25) is 5.10 Å². The van der Waals surface area contributed by atoms with E-state index < -0.39 is 0 Å². The fraction of sp³-hybridized carbons (Fsp3) is 0.182. The van der Waals surface area contributed by atoms with E-state index in [9.17, 15) is 0 Å². The predicted octanol–water partition coefficient (Wildman–Crippen LogP) is 2.00. The Morgan fingerprint density at radius 3 is 2.93 bits per heavy atom. The van der Waals surface area contributed by atoms with E-state index in [1.54, 1.807) is 19.5 Å². The summed E-state index contributed by atoms with van der Waals surface area (Å²) in [6, 6.07) is 7.51. The van der Waals surface area contributed by atoms with Crippen LogP contribution in [0, 0.1) is 0 Å². The van der Waals surface area contributed by atoms with Gasteiger partial charge in [0.2, 0.25) is 0 Å². The number of nitrogens with one attached hydrogen (secondary N) is 1. The second kappa shape index (κ2) is 4.50. The van der Waals surface area contributed by atoms with Crippen molar-refractivity contribution in [2.24, 2.45) is 0 Å². The van der Waals surface area contributed by atoms with E-state index in [0.29, 0.717) is 6.61 Å². The van der Waals surface area contributed by atoms with Gasteiger partial charge in [-0.05, 0) is 12.1 Å². The molecule has 1 heterocycles. The number of aromatic amines is 1. The second-order valence-electron chi connectivity index (χ2n) is 3.07. The van der Waals surface area contributed by atoms with Crippen LogP contribution in [0.3, 0.4) is 0 Å². The quantitative estimate of drug-likeness (QED) is 0.828. The summed E-state index contributed by atoms with van der Waals surface area (Å²) < 4.78 is 10.6. The number of benzene rings is 1. The van der Waals surface area contributed by atoms with Crippen molar-refractivity contribution in [2.75, 3.05) is 7.11 Å². The van der Waals surface area contributed by atoms with Crippen molar-refractivity contribution >= 4 is 0 Å². The number of ether oxygens (including phenoxy) is 2. The van der Waals surface area contributed by atoms with Gasteiger partial charge in [0.05, 0.1) is 13.3 Å². The van der Waals surface area contributed by atoms with Crippen LogP contribution in [0.2, 0.25) is 0 Å². The molecule has 4 nitrogen and oxygen atoms in total. The molecule has 2 rings (SSSR count). The highest BCUT2D eigenvalue weighted by Gasteiger charge is 1.98. The van der Waals surface area contributed by atoms with Gasteiger partial charge in [0.15, 0.2) is 0 Å². The van der Waals surface area contributed by atoms with Crippen LogP contribution in [0.4, 0.5) is 0 Å². The lowest BCUT2D eigenvalue weighted by Gasteiger charge is -2.05. The van der Waals surface area contributed by atoms with E-state index in [4.69, 9.17) is 9.47 Å². The summed E-state index contributed by atoms with van der Waals surface area (Å²) in [6.07, 6.45) is 3.54. The Morgan fingerprint density at radius 1 is 1.33 bits per heavy atom. The molecule has 78 valence electrons. The van der Waals surface area contributed by atoms with Crippen molar-refractivity contribution in [3.63, 3.8) is 0 Å².